The number of rotatable bonds is 4. The van der Waals surface area contributed by atoms with Crippen LogP contribution in [0.3, 0.4) is 0 Å². The fraction of sp³-hybridized carbons (Fsp3) is 0.727. The van der Waals surface area contributed by atoms with E-state index in [2.05, 4.69) is 14.8 Å². The molecule has 0 unspecified atom stereocenters. The molecule has 16 heavy (non-hydrogen) atoms. The minimum absolute atomic E-state index is 0.798. The first-order valence-electron chi connectivity index (χ1n) is 5.97. The lowest BCUT2D eigenvalue weighted by Crippen LogP contribution is -2.32. The summed E-state index contributed by atoms with van der Waals surface area (Å²) < 4.78 is 0. The van der Waals surface area contributed by atoms with Gasteiger partial charge in [-0.15, -0.1) is 11.3 Å². The summed E-state index contributed by atoms with van der Waals surface area (Å²) in [6.07, 6.45) is 4.22. The molecule has 0 amide bonds. The van der Waals surface area contributed by atoms with Crippen LogP contribution in [0.4, 0.5) is 5.13 Å². The summed E-state index contributed by atoms with van der Waals surface area (Å²) in [5.74, 6) is 0. The molecular weight excluding hydrogens is 220 g/mol. The van der Waals surface area contributed by atoms with Crippen LogP contribution in [-0.2, 0) is 0 Å². The van der Waals surface area contributed by atoms with Crippen LogP contribution in [0, 0.1) is 0 Å². The molecule has 2 N–H and O–H groups in total. The lowest BCUT2D eigenvalue weighted by Gasteiger charge is -2.21. The van der Waals surface area contributed by atoms with E-state index in [1.807, 2.05) is 11.6 Å². The third-order valence-electron chi connectivity index (χ3n) is 2.96. The summed E-state index contributed by atoms with van der Waals surface area (Å²) >= 11 is 1.73. The normalized spacial score (nSPS) is 18.7. The number of anilines is 1. The lowest BCUT2D eigenvalue weighted by molar-refractivity contribution is 0.291. The maximum atomic E-state index is 5.54. The van der Waals surface area contributed by atoms with Gasteiger partial charge in [-0.25, -0.2) is 4.98 Å². The predicted molar refractivity (Wildman–Crippen MR) is 69.1 cm³/mol. The van der Waals surface area contributed by atoms with Gasteiger partial charge in [0.25, 0.3) is 0 Å². The van der Waals surface area contributed by atoms with Crippen LogP contribution in [-0.4, -0.2) is 49.2 Å². The summed E-state index contributed by atoms with van der Waals surface area (Å²) in [4.78, 5) is 9.28. The molecule has 1 aliphatic rings. The van der Waals surface area contributed by atoms with Gasteiger partial charge in [0.2, 0.25) is 0 Å². The van der Waals surface area contributed by atoms with E-state index in [1.165, 1.54) is 18.1 Å². The number of hydrogen-bond acceptors (Lipinski definition) is 5. The van der Waals surface area contributed by atoms with E-state index in [4.69, 9.17) is 5.73 Å². The summed E-state index contributed by atoms with van der Waals surface area (Å²) in [5.41, 5.74) is 5.54. The quantitative estimate of drug-likeness (QED) is 0.853. The van der Waals surface area contributed by atoms with E-state index < -0.39 is 0 Å². The van der Waals surface area contributed by atoms with Gasteiger partial charge in [0.15, 0.2) is 5.13 Å². The fourth-order valence-corrected chi connectivity index (χ4v) is 2.77. The van der Waals surface area contributed by atoms with Crippen LogP contribution in [0.15, 0.2) is 11.6 Å². The highest BCUT2D eigenvalue weighted by Gasteiger charge is 2.15. The van der Waals surface area contributed by atoms with Gasteiger partial charge in [-0.2, -0.15) is 0 Å². The third kappa shape index (κ3) is 3.17. The van der Waals surface area contributed by atoms with Gasteiger partial charge in [-0.05, 0) is 32.5 Å². The topological polar surface area (TPSA) is 45.4 Å². The first-order valence-corrected chi connectivity index (χ1v) is 6.85. The maximum absolute atomic E-state index is 5.54. The summed E-state index contributed by atoms with van der Waals surface area (Å²) in [5, 5.41) is 3.22. The molecule has 90 valence electrons. The van der Waals surface area contributed by atoms with Gasteiger partial charge in [0, 0.05) is 31.2 Å². The Bertz CT molecular complexity index is 288. The van der Waals surface area contributed by atoms with Crippen molar-refractivity contribution in [2.75, 3.05) is 44.2 Å². The Hall–Kier alpha value is -0.650. The highest BCUT2D eigenvalue weighted by molar-refractivity contribution is 7.13. The first-order chi connectivity index (χ1) is 7.90. The van der Waals surface area contributed by atoms with Crippen molar-refractivity contribution < 1.29 is 0 Å². The van der Waals surface area contributed by atoms with Gasteiger partial charge < -0.3 is 15.5 Å². The second-order valence-electron chi connectivity index (χ2n) is 4.14. The zero-order valence-electron chi connectivity index (χ0n) is 9.64. The van der Waals surface area contributed by atoms with Crippen molar-refractivity contribution in [1.29, 1.82) is 0 Å². The van der Waals surface area contributed by atoms with Crippen molar-refractivity contribution in [2.45, 2.75) is 12.8 Å². The molecule has 4 nitrogen and oxygen atoms in total. The largest absolute Gasteiger partial charge is 0.347 e. The summed E-state index contributed by atoms with van der Waals surface area (Å²) in [7, 11) is 0. The number of aromatic nitrogens is 1. The fourth-order valence-electron chi connectivity index (χ4n) is 2.07. The highest BCUT2D eigenvalue weighted by Crippen LogP contribution is 2.18. The summed E-state index contributed by atoms with van der Waals surface area (Å²) in [6, 6.07) is 0. The van der Waals surface area contributed by atoms with Crippen molar-refractivity contribution in [3.05, 3.63) is 11.6 Å². The van der Waals surface area contributed by atoms with Crippen molar-refractivity contribution in [2.24, 2.45) is 5.73 Å². The van der Waals surface area contributed by atoms with E-state index in [9.17, 15) is 0 Å². The van der Waals surface area contributed by atoms with E-state index in [-0.39, 0.29) is 0 Å². The average molecular weight is 240 g/mol. The van der Waals surface area contributed by atoms with Gasteiger partial charge in [0.1, 0.15) is 0 Å². The van der Waals surface area contributed by atoms with Gasteiger partial charge in [0.05, 0.1) is 0 Å². The molecule has 2 rings (SSSR count). The van der Waals surface area contributed by atoms with Gasteiger partial charge in [-0.1, -0.05) is 0 Å². The first kappa shape index (κ1) is 11.8. The highest BCUT2D eigenvalue weighted by atomic mass is 32.1. The molecule has 0 aliphatic carbocycles. The smallest absolute Gasteiger partial charge is 0.185 e. The zero-order chi connectivity index (χ0) is 11.2. The van der Waals surface area contributed by atoms with Crippen LogP contribution in [0.2, 0.25) is 0 Å². The van der Waals surface area contributed by atoms with Gasteiger partial charge in [-0.3, -0.25) is 0 Å². The predicted octanol–water partition coefficient (Wildman–Crippen LogP) is 1.00. The van der Waals surface area contributed by atoms with Crippen molar-refractivity contribution in [1.82, 2.24) is 9.88 Å². The standard InChI is InChI=1S/C11H20N4S/c12-3-1-5-14-6-2-7-15(9-8-14)11-13-4-10-16-11/h4,10H,1-3,5-9,12H2. The molecule has 1 aromatic heterocycles. The molecule has 1 aromatic rings. The van der Waals surface area contributed by atoms with Crippen molar-refractivity contribution in [3.63, 3.8) is 0 Å². The number of nitrogens with zero attached hydrogens (tertiary/aromatic N) is 3. The van der Waals surface area contributed by atoms with Crippen LogP contribution in [0.5, 0.6) is 0 Å². The third-order valence-corrected chi connectivity index (χ3v) is 3.79. The molecule has 5 heteroatoms. The number of hydrogen-bond donors (Lipinski definition) is 1. The molecule has 0 saturated carbocycles. The Morgan fingerprint density at radius 2 is 2.25 bits per heavy atom. The molecule has 0 spiro atoms. The SMILES string of the molecule is NCCCN1CCCN(c2nccs2)CC1. The molecule has 1 saturated heterocycles. The molecule has 1 fully saturated rings. The minimum atomic E-state index is 0.798. The Morgan fingerprint density at radius 3 is 3.00 bits per heavy atom. The van der Waals surface area contributed by atoms with E-state index in [0.29, 0.717) is 0 Å². The van der Waals surface area contributed by atoms with E-state index in [0.717, 1.165) is 39.1 Å². The molecule has 0 bridgehead atoms. The number of thiazole rings is 1. The van der Waals surface area contributed by atoms with Crippen molar-refractivity contribution in [3.8, 4) is 0 Å². The second kappa shape index (κ2) is 6.18. The monoisotopic (exact) mass is 240 g/mol. The molecule has 0 atom stereocenters. The lowest BCUT2D eigenvalue weighted by atomic mass is 10.3. The molecule has 0 radical (unpaired) electrons. The minimum Gasteiger partial charge on any atom is -0.347 e. The molecule has 0 aromatic carbocycles. The van der Waals surface area contributed by atoms with Crippen molar-refractivity contribution >= 4 is 16.5 Å². The van der Waals surface area contributed by atoms with Gasteiger partial charge >= 0.3 is 0 Å². The van der Waals surface area contributed by atoms with Crippen LogP contribution in [0.1, 0.15) is 12.8 Å². The molecule has 1 aliphatic heterocycles. The Morgan fingerprint density at radius 1 is 1.31 bits per heavy atom. The number of nitrogens with two attached hydrogens (primary N) is 1. The van der Waals surface area contributed by atoms with E-state index in [1.54, 1.807) is 11.3 Å². The molecule has 2 heterocycles. The Kier molecular flexibility index (Phi) is 4.56. The Balaban J connectivity index is 1.83. The van der Waals surface area contributed by atoms with Crippen LogP contribution >= 0.6 is 11.3 Å². The zero-order valence-corrected chi connectivity index (χ0v) is 10.5. The second-order valence-corrected chi connectivity index (χ2v) is 5.01. The Labute approximate surface area is 101 Å². The van der Waals surface area contributed by atoms with Crippen LogP contribution in [0.25, 0.3) is 0 Å². The van der Waals surface area contributed by atoms with Crippen LogP contribution < -0.4 is 10.6 Å². The summed E-state index contributed by atoms with van der Waals surface area (Å²) in [6.45, 7) is 6.50. The molecular formula is C11H20N4S. The average Bonchev–Trinajstić information content (AvgIpc) is 2.73. The van der Waals surface area contributed by atoms with E-state index >= 15 is 0 Å². The maximum Gasteiger partial charge on any atom is 0.185 e.